The predicted octanol–water partition coefficient (Wildman–Crippen LogP) is 3.67. The van der Waals surface area contributed by atoms with Crippen LogP contribution < -0.4 is 4.90 Å². The lowest BCUT2D eigenvalue weighted by Gasteiger charge is -2.38. The molecule has 2 saturated heterocycles. The third-order valence-corrected chi connectivity index (χ3v) is 7.09. The molecule has 3 heterocycles. The SMILES string of the molecule is O=C(CN1C(=O)C(=Cc2ccccc2F)Sc2ccccc21)N1CCC2(CC1)OCCO2. The van der Waals surface area contributed by atoms with Crippen molar-refractivity contribution in [3.05, 3.63) is 64.8 Å². The standard InChI is InChI=1S/C24H23FN2O4S/c25-18-6-2-1-5-17(18)15-21-23(29)27(19-7-3-4-8-20(19)32-21)16-22(28)26-11-9-24(10-12-26)30-13-14-31-24/h1-8,15H,9-14,16H2. The number of hydrogen-bond acceptors (Lipinski definition) is 5. The third-order valence-electron chi connectivity index (χ3n) is 6.01. The van der Waals surface area contributed by atoms with E-state index < -0.39 is 11.6 Å². The van der Waals surface area contributed by atoms with Crippen LogP contribution in [0.15, 0.2) is 58.3 Å². The third kappa shape index (κ3) is 4.05. The number of carbonyl (C=O) groups is 2. The number of para-hydroxylation sites is 1. The first-order valence-electron chi connectivity index (χ1n) is 10.7. The lowest BCUT2D eigenvalue weighted by atomic mass is 10.0. The van der Waals surface area contributed by atoms with Gasteiger partial charge in [-0.25, -0.2) is 4.39 Å². The van der Waals surface area contributed by atoms with Crippen molar-refractivity contribution in [1.82, 2.24) is 4.90 Å². The Balaban J connectivity index is 1.37. The molecule has 0 saturated carbocycles. The van der Waals surface area contributed by atoms with Crippen LogP contribution in [-0.4, -0.2) is 55.3 Å². The maximum atomic E-state index is 14.2. The van der Waals surface area contributed by atoms with E-state index in [1.54, 1.807) is 29.2 Å². The smallest absolute Gasteiger partial charge is 0.265 e. The molecule has 3 aliphatic heterocycles. The normalized spacial score (nSPS) is 21.3. The van der Waals surface area contributed by atoms with Crippen LogP contribution in [-0.2, 0) is 19.1 Å². The first-order valence-corrected chi connectivity index (χ1v) is 11.5. The van der Waals surface area contributed by atoms with E-state index in [0.29, 0.717) is 55.3 Å². The largest absolute Gasteiger partial charge is 0.347 e. The molecule has 6 nitrogen and oxygen atoms in total. The number of anilines is 1. The molecule has 0 aromatic heterocycles. The lowest BCUT2D eigenvalue weighted by molar-refractivity contribution is -0.187. The Morgan fingerprint density at radius 1 is 1.06 bits per heavy atom. The molecular weight excluding hydrogens is 431 g/mol. The van der Waals surface area contributed by atoms with Crippen LogP contribution in [0.5, 0.6) is 0 Å². The zero-order valence-corrected chi connectivity index (χ0v) is 18.3. The monoisotopic (exact) mass is 454 g/mol. The number of rotatable bonds is 3. The van der Waals surface area contributed by atoms with Gasteiger partial charge < -0.3 is 14.4 Å². The summed E-state index contributed by atoms with van der Waals surface area (Å²) in [5.41, 5.74) is 1.03. The molecule has 8 heteroatoms. The summed E-state index contributed by atoms with van der Waals surface area (Å²) in [7, 11) is 0. The molecule has 0 atom stereocenters. The highest BCUT2D eigenvalue weighted by Crippen LogP contribution is 2.42. The quantitative estimate of drug-likeness (QED) is 0.663. The van der Waals surface area contributed by atoms with Crippen molar-refractivity contribution in [1.29, 1.82) is 0 Å². The summed E-state index contributed by atoms with van der Waals surface area (Å²) >= 11 is 1.29. The van der Waals surface area contributed by atoms with E-state index in [4.69, 9.17) is 9.47 Å². The highest BCUT2D eigenvalue weighted by atomic mass is 32.2. The minimum atomic E-state index is -0.559. The number of ether oxygens (including phenoxy) is 2. The van der Waals surface area contributed by atoms with Crippen LogP contribution in [0.3, 0.4) is 0 Å². The van der Waals surface area contributed by atoms with Crippen molar-refractivity contribution in [3.63, 3.8) is 0 Å². The molecular formula is C24H23FN2O4S. The Kier molecular flexibility index (Phi) is 5.75. The van der Waals surface area contributed by atoms with E-state index in [0.717, 1.165) is 4.90 Å². The van der Waals surface area contributed by atoms with Gasteiger partial charge in [-0.3, -0.25) is 14.5 Å². The van der Waals surface area contributed by atoms with Gasteiger partial charge in [-0.05, 0) is 24.3 Å². The highest BCUT2D eigenvalue weighted by Gasteiger charge is 2.41. The van der Waals surface area contributed by atoms with Gasteiger partial charge in [0.25, 0.3) is 5.91 Å². The Labute approximate surface area is 190 Å². The lowest BCUT2D eigenvalue weighted by Crippen LogP contribution is -2.51. The van der Waals surface area contributed by atoms with Crippen molar-refractivity contribution >= 4 is 35.3 Å². The van der Waals surface area contributed by atoms with Crippen LogP contribution in [0, 0.1) is 5.82 Å². The van der Waals surface area contributed by atoms with Crippen molar-refractivity contribution in [2.75, 3.05) is 37.7 Å². The Morgan fingerprint density at radius 3 is 2.50 bits per heavy atom. The van der Waals surface area contributed by atoms with Crippen molar-refractivity contribution < 1.29 is 23.5 Å². The number of benzene rings is 2. The van der Waals surface area contributed by atoms with Gasteiger partial charge in [-0.2, -0.15) is 0 Å². The summed E-state index contributed by atoms with van der Waals surface area (Å²) in [4.78, 5) is 30.9. The summed E-state index contributed by atoms with van der Waals surface area (Å²) < 4.78 is 25.7. The van der Waals surface area contributed by atoms with E-state index >= 15 is 0 Å². The molecule has 2 amide bonds. The molecule has 0 aliphatic carbocycles. The van der Waals surface area contributed by atoms with Gasteiger partial charge in [0.05, 0.1) is 23.8 Å². The average molecular weight is 455 g/mol. The Bertz CT molecular complexity index is 1070. The highest BCUT2D eigenvalue weighted by molar-refractivity contribution is 8.04. The number of piperidine rings is 1. The number of fused-ring (bicyclic) bond motifs is 1. The van der Waals surface area contributed by atoms with Gasteiger partial charge in [-0.15, -0.1) is 0 Å². The number of likely N-dealkylation sites (tertiary alicyclic amines) is 1. The minimum absolute atomic E-state index is 0.0697. The second kappa shape index (κ2) is 8.69. The van der Waals surface area contributed by atoms with Gasteiger partial charge in [-0.1, -0.05) is 42.1 Å². The fourth-order valence-electron chi connectivity index (χ4n) is 4.27. The second-order valence-corrected chi connectivity index (χ2v) is 9.06. The summed E-state index contributed by atoms with van der Waals surface area (Å²) in [6, 6.07) is 13.8. The minimum Gasteiger partial charge on any atom is -0.347 e. The van der Waals surface area contributed by atoms with Crippen molar-refractivity contribution in [2.45, 2.75) is 23.5 Å². The molecule has 0 radical (unpaired) electrons. The molecule has 1 spiro atoms. The molecule has 0 N–H and O–H groups in total. The summed E-state index contributed by atoms with van der Waals surface area (Å²) in [5, 5.41) is 0. The van der Waals surface area contributed by atoms with Gasteiger partial charge in [0.15, 0.2) is 5.79 Å². The number of nitrogens with zero attached hydrogens (tertiary/aromatic N) is 2. The van der Waals surface area contributed by atoms with Gasteiger partial charge >= 0.3 is 0 Å². The van der Waals surface area contributed by atoms with Crippen LogP contribution in [0.1, 0.15) is 18.4 Å². The van der Waals surface area contributed by atoms with Crippen LogP contribution in [0.25, 0.3) is 6.08 Å². The fourth-order valence-corrected chi connectivity index (χ4v) is 5.32. The number of carbonyl (C=O) groups excluding carboxylic acids is 2. The Morgan fingerprint density at radius 2 is 1.75 bits per heavy atom. The maximum Gasteiger partial charge on any atom is 0.265 e. The predicted molar refractivity (Wildman–Crippen MR) is 119 cm³/mol. The molecule has 0 unspecified atom stereocenters. The van der Waals surface area contributed by atoms with Crippen LogP contribution >= 0.6 is 11.8 Å². The first kappa shape index (κ1) is 21.2. The summed E-state index contributed by atoms with van der Waals surface area (Å²) in [6.07, 6.45) is 2.80. The number of halogens is 1. The van der Waals surface area contributed by atoms with Gasteiger partial charge in [0.2, 0.25) is 5.91 Å². The molecule has 3 aliphatic rings. The van der Waals surface area contributed by atoms with Gasteiger partial charge in [0.1, 0.15) is 12.4 Å². The molecule has 0 bridgehead atoms. The number of hydrogen-bond donors (Lipinski definition) is 0. The molecule has 2 aromatic rings. The number of amides is 2. The van der Waals surface area contributed by atoms with Crippen molar-refractivity contribution in [2.24, 2.45) is 0 Å². The molecule has 2 fully saturated rings. The van der Waals surface area contributed by atoms with Crippen molar-refractivity contribution in [3.8, 4) is 0 Å². The second-order valence-electron chi connectivity index (χ2n) is 7.98. The zero-order valence-electron chi connectivity index (χ0n) is 17.5. The maximum absolute atomic E-state index is 14.2. The van der Waals surface area contributed by atoms with E-state index in [-0.39, 0.29) is 18.4 Å². The fraction of sp³-hybridized carbons (Fsp3) is 0.333. The van der Waals surface area contributed by atoms with E-state index in [2.05, 4.69) is 0 Å². The number of thioether (sulfide) groups is 1. The summed E-state index contributed by atoms with van der Waals surface area (Å²) in [6.45, 7) is 2.15. The molecule has 32 heavy (non-hydrogen) atoms. The zero-order chi connectivity index (χ0) is 22.1. The van der Waals surface area contributed by atoms with Crippen LogP contribution in [0.2, 0.25) is 0 Å². The topological polar surface area (TPSA) is 59.1 Å². The molecule has 5 rings (SSSR count). The molecule has 166 valence electrons. The summed E-state index contributed by atoms with van der Waals surface area (Å²) in [5.74, 6) is -1.38. The first-order chi connectivity index (χ1) is 15.5. The van der Waals surface area contributed by atoms with Crippen LogP contribution in [0.4, 0.5) is 10.1 Å². The Hall–Kier alpha value is -2.68. The van der Waals surface area contributed by atoms with Gasteiger partial charge in [0, 0.05) is 36.4 Å². The van der Waals surface area contributed by atoms with E-state index in [1.165, 1.54) is 22.7 Å². The molecule has 2 aromatic carbocycles. The van der Waals surface area contributed by atoms with E-state index in [1.807, 2.05) is 24.3 Å². The van der Waals surface area contributed by atoms with E-state index in [9.17, 15) is 14.0 Å². The average Bonchev–Trinajstić information content (AvgIpc) is 3.26.